The number of nitrogens with zero attached hydrogens (tertiary/aromatic N) is 1. The van der Waals surface area contributed by atoms with Crippen LogP contribution in [0.25, 0.3) is 17.4 Å². The molecule has 9 heteroatoms. The molecule has 1 saturated heterocycles. The number of thioether (sulfide) groups is 2. The first-order valence-electron chi connectivity index (χ1n) is 11.8. The van der Waals surface area contributed by atoms with Gasteiger partial charge in [-0.2, -0.15) is 0 Å². The van der Waals surface area contributed by atoms with Crippen molar-refractivity contribution >= 4 is 58.0 Å². The molecule has 1 amide bonds. The molecule has 1 aliphatic heterocycles. The lowest BCUT2D eigenvalue weighted by atomic mass is 9.85. The molecule has 0 spiro atoms. The van der Waals surface area contributed by atoms with Gasteiger partial charge in [-0.15, -0.1) is 11.8 Å². The lowest BCUT2D eigenvalue weighted by Gasteiger charge is -2.33. The molecule has 35 heavy (non-hydrogen) atoms. The van der Waals surface area contributed by atoms with Gasteiger partial charge >= 0.3 is 5.97 Å². The van der Waals surface area contributed by atoms with Crippen molar-refractivity contribution in [2.45, 2.75) is 49.5 Å². The molecule has 1 aromatic heterocycles. The van der Waals surface area contributed by atoms with E-state index in [1.54, 1.807) is 22.7 Å². The minimum atomic E-state index is -0.235. The Balaban J connectivity index is 1.40. The SMILES string of the molecule is CSc1ccc(-c2ccc(/C=C3/SC(=S)N(C4CCCC(C(=O)OCCCCO)C4)C3=O)o2)cc1. The normalized spacial score (nSPS) is 21.7. The molecule has 1 N–H and O–H groups in total. The van der Waals surface area contributed by atoms with E-state index in [2.05, 4.69) is 12.1 Å². The van der Waals surface area contributed by atoms with Crippen molar-refractivity contribution in [3.8, 4) is 11.3 Å². The van der Waals surface area contributed by atoms with E-state index in [0.717, 1.165) is 30.6 Å². The van der Waals surface area contributed by atoms with E-state index in [-0.39, 0.29) is 30.4 Å². The summed E-state index contributed by atoms with van der Waals surface area (Å²) in [6, 6.07) is 11.8. The van der Waals surface area contributed by atoms with Crippen molar-refractivity contribution < 1.29 is 23.8 Å². The second kappa shape index (κ2) is 12.3. The Kier molecular flexibility index (Phi) is 9.10. The van der Waals surface area contributed by atoms with Gasteiger partial charge in [0.15, 0.2) is 0 Å². The van der Waals surface area contributed by atoms with Gasteiger partial charge in [0.2, 0.25) is 0 Å². The first kappa shape index (κ1) is 26.0. The number of unbranched alkanes of at least 4 members (excludes halogenated alkanes) is 1. The fourth-order valence-corrected chi connectivity index (χ4v) is 6.17. The molecule has 0 bridgehead atoms. The third-order valence-corrected chi connectivity index (χ3v) is 8.31. The zero-order chi connectivity index (χ0) is 24.8. The molecule has 1 saturated carbocycles. The van der Waals surface area contributed by atoms with E-state index in [1.807, 2.05) is 30.5 Å². The maximum atomic E-state index is 13.3. The molecule has 2 heterocycles. The van der Waals surface area contributed by atoms with Crippen molar-refractivity contribution in [3.05, 3.63) is 47.1 Å². The summed E-state index contributed by atoms with van der Waals surface area (Å²) >= 11 is 8.52. The Morgan fingerprint density at radius 1 is 1.26 bits per heavy atom. The van der Waals surface area contributed by atoms with Crippen LogP contribution in [-0.4, -0.2) is 51.7 Å². The minimum absolute atomic E-state index is 0.0930. The van der Waals surface area contributed by atoms with Crippen molar-refractivity contribution in [3.63, 3.8) is 0 Å². The Labute approximate surface area is 219 Å². The van der Waals surface area contributed by atoms with Gasteiger partial charge in [-0.1, -0.05) is 42.5 Å². The number of aliphatic hydroxyl groups excluding tert-OH is 1. The fourth-order valence-electron chi connectivity index (χ4n) is 4.38. The molecule has 2 fully saturated rings. The largest absolute Gasteiger partial charge is 0.465 e. The van der Waals surface area contributed by atoms with E-state index >= 15 is 0 Å². The second-order valence-corrected chi connectivity index (χ2v) is 11.2. The Morgan fingerprint density at radius 2 is 2.06 bits per heavy atom. The van der Waals surface area contributed by atoms with Crippen molar-refractivity contribution in [1.29, 1.82) is 0 Å². The zero-order valence-corrected chi connectivity index (χ0v) is 22.1. The first-order chi connectivity index (χ1) is 17.0. The number of furan rings is 1. The first-order valence-corrected chi connectivity index (χ1v) is 14.2. The number of ether oxygens (including phenoxy) is 1. The molecule has 2 unspecified atom stereocenters. The van der Waals surface area contributed by atoms with Crippen molar-refractivity contribution in [2.75, 3.05) is 19.5 Å². The molecule has 2 atom stereocenters. The summed E-state index contributed by atoms with van der Waals surface area (Å²) in [5.74, 6) is 0.752. The van der Waals surface area contributed by atoms with E-state index < -0.39 is 0 Å². The summed E-state index contributed by atoms with van der Waals surface area (Å²) in [6.07, 6.45) is 8.01. The zero-order valence-electron chi connectivity index (χ0n) is 19.6. The van der Waals surface area contributed by atoms with Crippen LogP contribution in [0.5, 0.6) is 0 Å². The van der Waals surface area contributed by atoms with Crippen LogP contribution in [0.3, 0.4) is 0 Å². The maximum absolute atomic E-state index is 13.3. The van der Waals surface area contributed by atoms with Crippen LogP contribution < -0.4 is 0 Å². The van der Waals surface area contributed by atoms with Gasteiger partial charge in [-0.25, -0.2) is 0 Å². The summed E-state index contributed by atoms with van der Waals surface area (Å²) in [6.45, 7) is 0.410. The van der Waals surface area contributed by atoms with Gasteiger partial charge in [-0.05, 0) is 62.6 Å². The topological polar surface area (TPSA) is 80.0 Å². The molecule has 2 aromatic rings. The number of carbonyl (C=O) groups excluding carboxylic acids is 2. The highest BCUT2D eigenvalue weighted by atomic mass is 32.2. The maximum Gasteiger partial charge on any atom is 0.309 e. The van der Waals surface area contributed by atoms with Gasteiger partial charge in [-0.3, -0.25) is 14.5 Å². The molecule has 6 nitrogen and oxygen atoms in total. The van der Waals surface area contributed by atoms with E-state index in [1.165, 1.54) is 16.7 Å². The summed E-state index contributed by atoms with van der Waals surface area (Å²) in [7, 11) is 0. The lowest BCUT2D eigenvalue weighted by Crippen LogP contribution is -2.43. The average Bonchev–Trinajstić information content (AvgIpc) is 3.45. The minimum Gasteiger partial charge on any atom is -0.465 e. The van der Waals surface area contributed by atoms with Crippen molar-refractivity contribution in [1.82, 2.24) is 4.90 Å². The van der Waals surface area contributed by atoms with E-state index in [9.17, 15) is 9.59 Å². The van der Waals surface area contributed by atoms with Crippen LogP contribution in [0.15, 0.2) is 50.6 Å². The molecular formula is C26H29NO5S3. The second-order valence-electron chi connectivity index (χ2n) is 8.60. The van der Waals surface area contributed by atoms with Gasteiger partial charge in [0.1, 0.15) is 15.8 Å². The van der Waals surface area contributed by atoms with Gasteiger partial charge in [0.25, 0.3) is 5.91 Å². The third kappa shape index (κ3) is 6.39. The van der Waals surface area contributed by atoms with Crippen LogP contribution in [0.2, 0.25) is 0 Å². The number of esters is 1. The predicted molar refractivity (Wildman–Crippen MR) is 144 cm³/mol. The van der Waals surface area contributed by atoms with Gasteiger partial charge in [0.05, 0.1) is 17.4 Å². The number of thiocarbonyl (C=S) groups is 1. The quantitative estimate of drug-likeness (QED) is 0.144. The summed E-state index contributed by atoms with van der Waals surface area (Å²) in [4.78, 5) is 29.1. The van der Waals surface area contributed by atoms with Crippen LogP contribution in [0.4, 0.5) is 0 Å². The molecule has 0 radical (unpaired) electrons. The summed E-state index contributed by atoms with van der Waals surface area (Å²) in [5.41, 5.74) is 0.978. The monoisotopic (exact) mass is 531 g/mol. The van der Waals surface area contributed by atoms with Crippen LogP contribution >= 0.6 is 35.7 Å². The fraction of sp³-hybridized carbons (Fsp3) is 0.423. The standard InChI is InChI=1S/C26H29NO5S3/c1-34-21-10-7-17(8-11-21)22-12-9-20(32-22)16-23-24(29)27(26(33)35-23)19-6-4-5-18(15-19)25(30)31-14-3-2-13-28/h7-12,16,18-19,28H,2-6,13-15H2,1H3/b23-16+. The summed E-state index contributed by atoms with van der Waals surface area (Å²) < 4.78 is 11.9. The molecule has 186 valence electrons. The van der Waals surface area contributed by atoms with Crippen LogP contribution in [0.1, 0.15) is 44.3 Å². The van der Waals surface area contributed by atoms with Gasteiger partial charge in [0, 0.05) is 29.2 Å². The third-order valence-electron chi connectivity index (χ3n) is 6.24. The highest BCUT2D eigenvalue weighted by Gasteiger charge is 2.40. The van der Waals surface area contributed by atoms with E-state index in [4.69, 9.17) is 26.5 Å². The number of hydrogen-bond acceptors (Lipinski definition) is 8. The number of hydrogen-bond donors (Lipinski definition) is 1. The highest BCUT2D eigenvalue weighted by molar-refractivity contribution is 8.26. The number of rotatable bonds is 9. The molecular weight excluding hydrogens is 502 g/mol. The average molecular weight is 532 g/mol. The highest BCUT2D eigenvalue weighted by Crippen LogP contribution is 2.39. The molecule has 1 aliphatic carbocycles. The molecule has 2 aliphatic rings. The Hall–Kier alpha value is -2.07. The number of carbonyl (C=O) groups is 2. The number of benzene rings is 1. The number of aliphatic hydroxyl groups is 1. The predicted octanol–water partition coefficient (Wildman–Crippen LogP) is 5.74. The van der Waals surface area contributed by atoms with Gasteiger partial charge < -0.3 is 14.3 Å². The Bertz CT molecular complexity index is 1090. The van der Waals surface area contributed by atoms with E-state index in [0.29, 0.717) is 40.9 Å². The summed E-state index contributed by atoms with van der Waals surface area (Å²) in [5, 5.41) is 8.87. The van der Waals surface area contributed by atoms with Crippen molar-refractivity contribution in [2.24, 2.45) is 5.92 Å². The smallest absolute Gasteiger partial charge is 0.309 e. The van der Waals surface area contributed by atoms with Crippen LogP contribution in [-0.2, 0) is 14.3 Å². The van der Waals surface area contributed by atoms with Crippen LogP contribution in [0, 0.1) is 5.92 Å². The Morgan fingerprint density at radius 3 is 2.80 bits per heavy atom. The number of amides is 1. The molecule has 4 rings (SSSR count). The lowest BCUT2D eigenvalue weighted by molar-refractivity contribution is -0.151. The molecule has 1 aromatic carbocycles.